The van der Waals surface area contributed by atoms with Gasteiger partial charge >= 0.3 is 0 Å². The molecular weight excluding hydrogens is 348 g/mol. The van der Waals surface area contributed by atoms with Gasteiger partial charge in [0.15, 0.2) is 15.8 Å². The van der Waals surface area contributed by atoms with Crippen LogP contribution in [0, 0.1) is 5.92 Å². The SMILES string of the molecule is CN=C(NCC(Nc1ccccc1)C(C)C)N1CCS(=O)(=O)C(C)(C)C1. The van der Waals surface area contributed by atoms with E-state index in [1.54, 1.807) is 20.9 Å². The van der Waals surface area contributed by atoms with Gasteiger partial charge in [0.2, 0.25) is 0 Å². The molecule has 0 saturated carbocycles. The van der Waals surface area contributed by atoms with Gasteiger partial charge in [-0.25, -0.2) is 8.42 Å². The summed E-state index contributed by atoms with van der Waals surface area (Å²) >= 11 is 0. The zero-order valence-corrected chi connectivity index (χ0v) is 17.3. The average molecular weight is 381 g/mol. The molecule has 1 heterocycles. The van der Waals surface area contributed by atoms with Crippen LogP contribution in [0.25, 0.3) is 0 Å². The minimum atomic E-state index is -3.06. The monoisotopic (exact) mass is 380 g/mol. The molecule has 0 radical (unpaired) electrons. The van der Waals surface area contributed by atoms with Gasteiger partial charge in [-0.1, -0.05) is 32.0 Å². The molecule has 6 nitrogen and oxygen atoms in total. The summed E-state index contributed by atoms with van der Waals surface area (Å²) in [6.07, 6.45) is 0. The van der Waals surface area contributed by atoms with Crippen LogP contribution in [0.15, 0.2) is 35.3 Å². The third-order valence-corrected chi connectivity index (χ3v) is 7.50. The number of sulfone groups is 1. The number of guanidine groups is 1. The van der Waals surface area contributed by atoms with Crippen molar-refractivity contribution in [3.63, 3.8) is 0 Å². The predicted octanol–water partition coefficient (Wildman–Crippen LogP) is 2.21. The summed E-state index contributed by atoms with van der Waals surface area (Å²) in [5.41, 5.74) is 1.09. The Morgan fingerprint density at radius 3 is 2.46 bits per heavy atom. The lowest BCUT2D eigenvalue weighted by molar-refractivity contribution is 0.351. The van der Waals surface area contributed by atoms with Crippen LogP contribution in [0.1, 0.15) is 27.7 Å². The lowest BCUT2D eigenvalue weighted by Crippen LogP contribution is -2.58. The van der Waals surface area contributed by atoms with Gasteiger partial charge in [0.25, 0.3) is 0 Å². The number of nitrogens with one attached hydrogen (secondary N) is 2. The van der Waals surface area contributed by atoms with Crippen LogP contribution in [0.3, 0.4) is 0 Å². The minimum Gasteiger partial charge on any atom is -0.380 e. The van der Waals surface area contributed by atoms with Crippen molar-refractivity contribution in [3.05, 3.63) is 30.3 Å². The van der Waals surface area contributed by atoms with Crippen molar-refractivity contribution in [1.82, 2.24) is 10.2 Å². The summed E-state index contributed by atoms with van der Waals surface area (Å²) in [4.78, 5) is 6.41. The molecule has 0 spiro atoms. The molecule has 1 atom stereocenters. The Bertz CT molecular complexity index is 714. The van der Waals surface area contributed by atoms with Crippen molar-refractivity contribution in [2.45, 2.75) is 38.5 Å². The van der Waals surface area contributed by atoms with Crippen LogP contribution >= 0.6 is 0 Å². The Morgan fingerprint density at radius 2 is 1.92 bits per heavy atom. The molecule has 2 N–H and O–H groups in total. The first kappa shape index (κ1) is 20.6. The second-order valence-electron chi connectivity index (χ2n) is 7.79. The number of anilines is 1. The minimum absolute atomic E-state index is 0.163. The molecule has 2 rings (SSSR count). The molecule has 1 saturated heterocycles. The van der Waals surface area contributed by atoms with Gasteiger partial charge in [-0.3, -0.25) is 4.99 Å². The second kappa shape index (κ2) is 8.29. The van der Waals surface area contributed by atoms with E-state index >= 15 is 0 Å². The molecule has 0 aliphatic carbocycles. The van der Waals surface area contributed by atoms with Gasteiger partial charge < -0.3 is 15.5 Å². The summed E-state index contributed by atoms with van der Waals surface area (Å²) in [6.45, 7) is 9.58. The van der Waals surface area contributed by atoms with E-state index in [9.17, 15) is 8.42 Å². The molecule has 1 aliphatic heterocycles. The molecule has 0 bridgehead atoms. The molecule has 7 heteroatoms. The van der Waals surface area contributed by atoms with Crippen LogP contribution in [0.2, 0.25) is 0 Å². The van der Waals surface area contributed by atoms with E-state index < -0.39 is 14.6 Å². The summed E-state index contributed by atoms with van der Waals surface area (Å²) in [7, 11) is -1.31. The van der Waals surface area contributed by atoms with E-state index in [4.69, 9.17) is 0 Å². The zero-order chi connectivity index (χ0) is 19.4. The highest BCUT2D eigenvalue weighted by atomic mass is 32.2. The Kier molecular flexibility index (Phi) is 6.55. The molecule has 0 amide bonds. The smallest absolute Gasteiger partial charge is 0.193 e. The van der Waals surface area contributed by atoms with Gasteiger partial charge in [0.1, 0.15) is 0 Å². The van der Waals surface area contributed by atoms with E-state index in [1.165, 1.54) is 0 Å². The average Bonchev–Trinajstić information content (AvgIpc) is 2.58. The third kappa shape index (κ3) is 4.90. The fourth-order valence-corrected chi connectivity index (χ4v) is 4.43. The number of nitrogens with zero attached hydrogens (tertiary/aromatic N) is 2. The highest BCUT2D eigenvalue weighted by molar-refractivity contribution is 7.92. The van der Waals surface area contributed by atoms with Crippen molar-refractivity contribution >= 4 is 21.5 Å². The van der Waals surface area contributed by atoms with E-state index in [0.717, 1.165) is 11.6 Å². The molecule has 26 heavy (non-hydrogen) atoms. The normalized spacial score (nSPS) is 20.7. The Hall–Kier alpha value is -1.76. The van der Waals surface area contributed by atoms with Crippen molar-refractivity contribution < 1.29 is 8.42 Å². The van der Waals surface area contributed by atoms with Gasteiger partial charge in [0, 0.05) is 38.4 Å². The van der Waals surface area contributed by atoms with E-state index in [2.05, 4.69) is 41.6 Å². The number of rotatable bonds is 5. The maximum absolute atomic E-state index is 12.2. The van der Waals surface area contributed by atoms with Gasteiger partial charge in [0.05, 0.1) is 10.5 Å². The number of aliphatic imine (C=N–C) groups is 1. The summed E-state index contributed by atoms with van der Waals surface area (Å²) in [5, 5.41) is 6.98. The number of benzene rings is 1. The quantitative estimate of drug-likeness (QED) is 0.605. The topological polar surface area (TPSA) is 73.8 Å². The van der Waals surface area contributed by atoms with E-state index in [-0.39, 0.29) is 11.8 Å². The zero-order valence-electron chi connectivity index (χ0n) is 16.5. The lowest BCUT2D eigenvalue weighted by Gasteiger charge is -2.39. The molecule has 1 aliphatic rings. The Labute approximate surface area is 158 Å². The van der Waals surface area contributed by atoms with Gasteiger partial charge in [-0.05, 0) is 31.9 Å². The number of hydrogen-bond donors (Lipinski definition) is 2. The van der Waals surface area contributed by atoms with Crippen LogP contribution in [-0.4, -0.2) is 62.5 Å². The second-order valence-corrected chi connectivity index (χ2v) is 10.5. The summed E-state index contributed by atoms with van der Waals surface area (Å²) in [5.74, 6) is 1.35. The third-order valence-electron chi connectivity index (χ3n) is 4.97. The number of para-hydroxylation sites is 1. The highest BCUT2D eigenvalue weighted by Crippen LogP contribution is 2.23. The molecule has 1 fully saturated rings. The van der Waals surface area contributed by atoms with Crippen molar-refractivity contribution in [2.24, 2.45) is 10.9 Å². The van der Waals surface area contributed by atoms with Crippen molar-refractivity contribution in [3.8, 4) is 0 Å². The number of hydrogen-bond acceptors (Lipinski definition) is 4. The fourth-order valence-electron chi connectivity index (χ4n) is 3.06. The largest absolute Gasteiger partial charge is 0.380 e. The van der Waals surface area contributed by atoms with Crippen LogP contribution < -0.4 is 10.6 Å². The summed E-state index contributed by atoms with van der Waals surface area (Å²) in [6, 6.07) is 10.4. The molecule has 0 aromatic heterocycles. The lowest BCUT2D eigenvalue weighted by atomic mass is 10.0. The molecule has 1 aromatic rings. The highest BCUT2D eigenvalue weighted by Gasteiger charge is 2.41. The Morgan fingerprint density at radius 1 is 1.27 bits per heavy atom. The summed E-state index contributed by atoms with van der Waals surface area (Å²) < 4.78 is 23.7. The molecular formula is C19H32N4O2S. The van der Waals surface area contributed by atoms with Crippen LogP contribution in [0.5, 0.6) is 0 Å². The van der Waals surface area contributed by atoms with E-state index in [0.29, 0.717) is 25.6 Å². The van der Waals surface area contributed by atoms with Crippen LogP contribution in [0.4, 0.5) is 5.69 Å². The first-order chi connectivity index (χ1) is 12.2. The first-order valence-electron chi connectivity index (χ1n) is 9.16. The Balaban J connectivity index is 2.01. The van der Waals surface area contributed by atoms with Crippen molar-refractivity contribution in [1.29, 1.82) is 0 Å². The standard InChI is InChI=1S/C19H32N4O2S/c1-15(2)17(22-16-9-7-6-8-10-16)13-21-18(20-5)23-11-12-26(24,25)19(3,4)14-23/h6-10,15,17,22H,11-14H2,1-5H3,(H,20,21). The molecule has 1 aromatic carbocycles. The predicted molar refractivity (Wildman–Crippen MR) is 109 cm³/mol. The molecule has 1 unspecified atom stereocenters. The van der Waals surface area contributed by atoms with Crippen LogP contribution in [-0.2, 0) is 9.84 Å². The first-order valence-corrected chi connectivity index (χ1v) is 10.8. The molecule has 146 valence electrons. The van der Waals surface area contributed by atoms with E-state index in [1.807, 2.05) is 23.1 Å². The van der Waals surface area contributed by atoms with Crippen molar-refractivity contribution in [2.75, 3.05) is 37.8 Å². The van der Waals surface area contributed by atoms with Gasteiger partial charge in [-0.15, -0.1) is 0 Å². The van der Waals surface area contributed by atoms with Gasteiger partial charge in [-0.2, -0.15) is 0 Å². The fraction of sp³-hybridized carbons (Fsp3) is 0.632. The maximum Gasteiger partial charge on any atom is 0.193 e. The maximum atomic E-state index is 12.2.